The number of aliphatic carboxylic acids is 1. The van der Waals surface area contributed by atoms with E-state index < -0.39 is 11.6 Å². The fraction of sp³-hybridized carbons (Fsp3) is 0.417. The van der Waals surface area contributed by atoms with Crippen molar-refractivity contribution in [2.75, 3.05) is 5.32 Å². The van der Waals surface area contributed by atoms with Gasteiger partial charge in [0.2, 0.25) is 0 Å². The first kappa shape index (κ1) is 22.0. The molecule has 4 rings (SSSR count). The van der Waals surface area contributed by atoms with Crippen molar-refractivity contribution in [3.05, 3.63) is 53.5 Å². The molecule has 1 aliphatic carbocycles. The predicted molar refractivity (Wildman–Crippen MR) is 121 cm³/mol. The summed E-state index contributed by atoms with van der Waals surface area (Å²) < 4.78 is 1.89. The largest absolute Gasteiger partial charge is 0.481 e. The highest BCUT2D eigenvalue weighted by atomic mass is 16.4. The van der Waals surface area contributed by atoms with Gasteiger partial charge in [-0.25, -0.2) is 4.98 Å². The van der Waals surface area contributed by atoms with E-state index >= 15 is 0 Å². The number of amides is 1. The van der Waals surface area contributed by atoms with E-state index in [9.17, 15) is 19.8 Å². The van der Waals surface area contributed by atoms with Gasteiger partial charge in [-0.2, -0.15) is 5.10 Å². The Morgan fingerprint density at radius 2 is 1.88 bits per heavy atom. The molecule has 32 heavy (non-hydrogen) atoms. The van der Waals surface area contributed by atoms with Crippen molar-refractivity contribution in [2.45, 2.75) is 58.1 Å². The number of fused-ring (bicyclic) bond motifs is 1. The second kappa shape index (κ2) is 8.35. The maximum Gasteiger partial charge on any atom is 0.306 e. The third kappa shape index (κ3) is 4.50. The number of carboxylic acid groups (broad SMARTS) is 1. The summed E-state index contributed by atoms with van der Waals surface area (Å²) in [5.41, 5.74) is 1.64. The van der Waals surface area contributed by atoms with E-state index in [0.717, 1.165) is 23.9 Å². The van der Waals surface area contributed by atoms with Crippen molar-refractivity contribution < 1.29 is 19.8 Å². The highest BCUT2D eigenvalue weighted by Gasteiger charge is 2.28. The number of aromatic nitrogens is 3. The van der Waals surface area contributed by atoms with Gasteiger partial charge in [-0.3, -0.25) is 14.3 Å². The number of carbonyl (C=O) groups is 2. The van der Waals surface area contributed by atoms with Crippen LogP contribution in [0.15, 0.2) is 36.5 Å². The molecule has 0 atom stereocenters. The molecular weight excluding hydrogens is 408 g/mol. The SMILES string of the molecule is Cc1cccc(C(=O)Nc2cc3cn([C@H]4CC[C@H](C(=O)O)CC4)nc3cc2C(C)(C)O)n1. The van der Waals surface area contributed by atoms with Gasteiger partial charge in [0.15, 0.2) is 0 Å². The van der Waals surface area contributed by atoms with Crippen molar-refractivity contribution in [3.63, 3.8) is 0 Å². The summed E-state index contributed by atoms with van der Waals surface area (Å²) in [6.45, 7) is 5.15. The van der Waals surface area contributed by atoms with Gasteiger partial charge < -0.3 is 15.5 Å². The Hall–Kier alpha value is -3.26. The second-order valence-electron chi connectivity index (χ2n) is 9.09. The zero-order chi connectivity index (χ0) is 23.0. The fourth-order valence-electron chi connectivity index (χ4n) is 4.33. The van der Waals surface area contributed by atoms with Crippen LogP contribution in [0, 0.1) is 12.8 Å². The van der Waals surface area contributed by atoms with Crippen molar-refractivity contribution in [1.29, 1.82) is 0 Å². The summed E-state index contributed by atoms with van der Waals surface area (Å²) in [6, 6.07) is 9.01. The summed E-state index contributed by atoms with van der Waals surface area (Å²) in [5.74, 6) is -1.36. The van der Waals surface area contributed by atoms with Crippen LogP contribution >= 0.6 is 0 Å². The number of aryl methyl sites for hydroxylation is 1. The average molecular weight is 437 g/mol. The molecule has 3 N–H and O–H groups in total. The van der Waals surface area contributed by atoms with Crippen LogP contribution in [0.25, 0.3) is 10.9 Å². The molecule has 0 saturated heterocycles. The molecule has 1 saturated carbocycles. The van der Waals surface area contributed by atoms with Crippen LogP contribution in [0.4, 0.5) is 5.69 Å². The van der Waals surface area contributed by atoms with Gasteiger partial charge >= 0.3 is 5.97 Å². The Kier molecular flexibility index (Phi) is 5.73. The van der Waals surface area contributed by atoms with Gasteiger partial charge in [-0.15, -0.1) is 0 Å². The topological polar surface area (TPSA) is 117 Å². The van der Waals surface area contributed by atoms with E-state index in [1.165, 1.54) is 0 Å². The smallest absolute Gasteiger partial charge is 0.306 e. The van der Waals surface area contributed by atoms with Crippen molar-refractivity contribution in [2.24, 2.45) is 5.92 Å². The molecule has 2 heterocycles. The minimum atomic E-state index is -1.19. The zero-order valence-corrected chi connectivity index (χ0v) is 18.5. The summed E-state index contributed by atoms with van der Waals surface area (Å²) >= 11 is 0. The molecule has 1 amide bonds. The van der Waals surface area contributed by atoms with Crippen LogP contribution in [0.3, 0.4) is 0 Å². The first-order chi connectivity index (χ1) is 15.1. The molecule has 1 aromatic carbocycles. The summed E-state index contributed by atoms with van der Waals surface area (Å²) in [4.78, 5) is 28.3. The first-order valence-electron chi connectivity index (χ1n) is 10.9. The van der Waals surface area contributed by atoms with E-state index in [4.69, 9.17) is 5.10 Å². The molecule has 2 aromatic heterocycles. The molecule has 0 aliphatic heterocycles. The summed E-state index contributed by atoms with van der Waals surface area (Å²) in [5, 5.41) is 28.4. The second-order valence-corrected chi connectivity index (χ2v) is 9.09. The lowest BCUT2D eigenvalue weighted by Gasteiger charge is -2.26. The van der Waals surface area contributed by atoms with E-state index in [1.807, 2.05) is 29.9 Å². The van der Waals surface area contributed by atoms with Crippen LogP contribution in [0.5, 0.6) is 0 Å². The number of anilines is 1. The third-order valence-electron chi connectivity index (χ3n) is 6.11. The number of aliphatic hydroxyl groups is 1. The van der Waals surface area contributed by atoms with E-state index in [0.29, 0.717) is 35.3 Å². The predicted octanol–water partition coefficient (Wildman–Crippen LogP) is 4.04. The van der Waals surface area contributed by atoms with Gasteiger partial charge in [0.1, 0.15) is 5.69 Å². The highest BCUT2D eigenvalue weighted by Crippen LogP contribution is 2.35. The van der Waals surface area contributed by atoms with Gasteiger partial charge in [-0.05, 0) is 70.7 Å². The Labute approximate surface area is 186 Å². The van der Waals surface area contributed by atoms with E-state index in [1.54, 1.807) is 32.0 Å². The summed E-state index contributed by atoms with van der Waals surface area (Å²) in [6.07, 6.45) is 4.71. The first-order valence-corrected chi connectivity index (χ1v) is 10.9. The number of hydrogen-bond acceptors (Lipinski definition) is 5. The third-order valence-corrected chi connectivity index (χ3v) is 6.11. The molecule has 3 aromatic rings. The van der Waals surface area contributed by atoms with E-state index in [-0.39, 0.29) is 17.9 Å². The quantitative estimate of drug-likeness (QED) is 0.556. The molecule has 1 fully saturated rings. The Balaban J connectivity index is 1.65. The van der Waals surface area contributed by atoms with Crippen LogP contribution in [0.2, 0.25) is 0 Å². The van der Waals surface area contributed by atoms with Gasteiger partial charge in [-0.1, -0.05) is 6.07 Å². The molecule has 0 spiro atoms. The number of benzene rings is 1. The lowest BCUT2D eigenvalue weighted by molar-refractivity contribution is -0.143. The van der Waals surface area contributed by atoms with Gasteiger partial charge in [0.05, 0.1) is 23.1 Å². The lowest BCUT2D eigenvalue weighted by Crippen LogP contribution is -2.23. The standard InChI is InChI=1S/C24H28N4O4/c1-14-5-4-6-19(25-14)22(29)26-21-11-16-13-28(17-9-7-15(8-10-17)23(30)31)27-20(16)12-18(21)24(2,3)32/h4-6,11-13,15,17,32H,7-10H2,1-3H3,(H,26,29)(H,30,31)/t15-,17-. The van der Waals surface area contributed by atoms with Crippen molar-refractivity contribution in [1.82, 2.24) is 14.8 Å². The maximum absolute atomic E-state index is 12.8. The number of pyridine rings is 1. The molecular formula is C24H28N4O4. The van der Waals surface area contributed by atoms with E-state index in [2.05, 4.69) is 10.3 Å². The molecule has 0 unspecified atom stereocenters. The number of rotatable bonds is 5. The van der Waals surface area contributed by atoms with Crippen LogP contribution in [-0.2, 0) is 10.4 Å². The highest BCUT2D eigenvalue weighted by molar-refractivity contribution is 6.04. The zero-order valence-electron chi connectivity index (χ0n) is 18.5. The Morgan fingerprint density at radius 1 is 1.16 bits per heavy atom. The molecule has 0 bridgehead atoms. The normalized spacial score (nSPS) is 19.1. The average Bonchev–Trinajstić information content (AvgIpc) is 3.15. The van der Waals surface area contributed by atoms with Crippen molar-refractivity contribution in [3.8, 4) is 0 Å². The Bertz CT molecular complexity index is 1170. The number of carbonyl (C=O) groups excluding carboxylic acids is 1. The molecule has 0 radical (unpaired) electrons. The van der Waals surface area contributed by atoms with Gasteiger partial charge in [0, 0.05) is 28.5 Å². The number of nitrogens with zero attached hydrogens (tertiary/aromatic N) is 3. The summed E-state index contributed by atoms with van der Waals surface area (Å²) in [7, 11) is 0. The van der Waals surface area contributed by atoms with Crippen LogP contribution in [0.1, 0.15) is 67.3 Å². The number of nitrogens with one attached hydrogen (secondary N) is 1. The molecule has 8 nitrogen and oxygen atoms in total. The lowest BCUT2D eigenvalue weighted by atomic mass is 9.86. The van der Waals surface area contributed by atoms with Crippen molar-refractivity contribution >= 4 is 28.5 Å². The maximum atomic E-state index is 12.8. The minimum Gasteiger partial charge on any atom is -0.481 e. The number of hydrogen-bond donors (Lipinski definition) is 3. The number of carboxylic acids is 1. The molecule has 1 aliphatic rings. The minimum absolute atomic E-state index is 0.137. The molecule has 168 valence electrons. The van der Waals surface area contributed by atoms with Gasteiger partial charge in [0.25, 0.3) is 5.91 Å². The fourth-order valence-corrected chi connectivity index (χ4v) is 4.33. The monoisotopic (exact) mass is 436 g/mol. The van der Waals surface area contributed by atoms with Crippen LogP contribution < -0.4 is 5.32 Å². The molecule has 8 heteroatoms. The van der Waals surface area contributed by atoms with Crippen LogP contribution in [-0.4, -0.2) is 36.9 Å². The Morgan fingerprint density at radius 3 is 2.50 bits per heavy atom.